The number of hydrogen-bond acceptors (Lipinski definition) is 5. The summed E-state index contributed by atoms with van der Waals surface area (Å²) < 4.78 is 1.31. The van der Waals surface area contributed by atoms with Gasteiger partial charge in [0.2, 0.25) is 5.91 Å². The van der Waals surface area contributed by atoms with Gasteiger partial charge >= 0.3 is 5.97 Å². The maximum Gasteiger partial charge on any atom is 0.326 e. The molecule has 1 aromatic rings. The molecular weight excluding hydrogens is 228 g/mol. The molecule has 8 nitrogen and oxygen atoms in total. The van der Waals surface area contributed by atoms with Crippen molar-refractivity contribution in [3.63, 3.8) is 0 Å². The molecule has 1 aromatic heterocycles. The minimum absolute atomic E-state index is 0.0461. The number of amides is 1. The van der Waals surface area contributed by atoms with E-state index in [0.717, 1.165) is 4.90 Å². The van der Waals surface area contributed by atoms with Crippen molar-refractivity contribution >= 4 is 11.9 Å². The first-order valence-electron chi connectivity index (χ1n) is 5.10. The summed E-state index contributed by atoms with van der Waals surface area (Å²) in [6, 6.07) is -0.957. The number of hydrogen-bond donors (Lipinski definition) is 2. The normalized spacial score (nSPS) is 23.9. The molecule has 2 atom stereocenters. The van der Waals surface area contributed by atoms with Crippen molar-refractivity contribution in [2.75, 3.05) is 6.54 Å². The zero-order chi connectivity index (χ0) is 12.4. The second kappa shape index (κ2) is 4.50. The maximum atomic E-state index is 11.8. The second-order valence-corrected chi connectivity index (χ2v) is 3.88. The van der Waals surface area contributed by atoms with E-state index in [0.29, 0.717) is 0 Å². The number of aliphatic hydroxyl groups is 1. The van der Waals surface area contributed by atoms with Crippen LogP contribution in [0.3, 0.4) is 0 Å². The molecule has 1 amide bonds. The summed E-state index contributed by atoms with van der Waals surface area (Å²) in [5, 5.41) is 22.1. The standard InChI is InChI=1S/C9H12N4O4/c14-6-1-7(9(16)17)13(2-6)8(15)3-12-5-10-4-11-12/h4-7,14H,1-3H2,(H,16,17). The van der Waals surface area contributed by atoms with Crippen LogP contribution < -0.4 is 0 Å². The second-order valence-electron chi connectivity index (χ2n) is 3.88. The molecule has 2 N–H and O–H groups in total. The maximum absolute atomic E-state index is 11.8. The molecule has 17 heavy (non-hydrogen) atoms. The van der Waals surface area contributed by atoms with Gasteiger partial charge in [-0.05, 0) is 0 Å². The highest BCUT2D eigenvalue weighted by Gasteiger charge is 2.38. The van der Waals surface area contributed by atoms with Crippen molar-refractivity contribution < 1.29 is 19.8 Å². The van der Waals surface area contributed by atoms with Crippen LogP contribution in [0.4, 0.5) is 0 Å². The molecule has 0 aliphatic carbocycles. The lowest BCUT2D eigenvalue weighted by Crippen LogP contribution is -2.42. The van der Waals surface area contributed by atoms with E-state index in [1.54, 1.807) is 0 Å². The van der Waals surface area contributed by atoms with Crippen LogP contribution in [0.5, 0.6) is 0 Å². The monoisotopic (exact) mass is 240 g/mol. The largest absolute Gasteiger partial charge is 0.480 e. The molecule has 0 radical (unpaired) electrons. The smallest absolute Gasteiger partial charge is 0.326 e. The third-order valence-electron chi connectivity index (χ3n) is 2.65. The number of likely N-dealkylation sites (tertiary alicyclic amines) is 1. The Morgan fingerprint density at radius 3 is 2.82 bits per heavy atom. The predicted octanol–water partition coefficient (Wildman–Crippen LogP) is -1.68. The number of carboxylic acids is 1. The summed E-state index contributed by atoms with van der Waals surface area (Å²) in [7, 11) is 0. The summed E-state index contributed by atoms with van der Waals surface area (Å²) in [5.74, 6) is -1.49. The van der Waals surface area contributed by atoms with Gasteiger partial charge in [0, 0.05) is 13.0 Å². The molecule has 8 heteroatoms. The van der Waals surface area contributed by atoms with Crippen molar-refractivity contribution in [3.05, 3.63) is 12.7 Å². The lowest BCUT2D eigenvalue weighted by molar-refractivity contribution is -0.148. The van der Waals surface area contributed by atoms with Crippen LogP contribution in [0.2, 0.25) is 0 Å². The number of carbonyl (C=O) groups excluding carboxylic acids is 1. The van der Waals surface area contributed by atoms with Crippen LogP contribution >= 0.6 is 0 Å². The zero-order valence-corrected chi connectivity index (χ0v) is 8.93. The van der Waals surface area contributed by atoms with Crippen LogP contribution in [-0.4, -0.2) is 60.4 Å². The molecule has 0 aromatic carbocycles. The number of β-amino-alcohol motifs (C(OH)–C–C–N with tert-alkyl or cyclic N) is 1. The van der Waals surface area contributed by atoms with Crippen molar-refractivity contribution in [1.29, 1.82) is 0 Å². The van der Waals surface area contributed by atoms with Crippen LogP contribution in [0.25, 0.3) is 0 Å². The number of aliphatic hydroxyl groups excluding tert-OH is 1. The highest BCUT2D eigenvalue weighted by molar-refractivity contribution is 5.84. The molecule has 1 saturated heterocycles. The van der Waals surface area contributed by atoms with E-state index in [1.807, 2.05) is 0 Å². The Bertz CT molecular complexity index is 419. The number of aromatic nitrogens is 3. The minimum Gasteiger partial charge on any atom is -0.480 e. The van der Waals surface area contributed by atoms with E-state index in [4.69, 9.17) is 5.11 Å². The van der Waals surface area contributed by atoms with Gasteiger partial charge in [-0.1, -0.05) is 0 Å². The van der Waals surface area contributed by atoms with Gasteiger partial charge in [0.25, 0.3) is 0 Å². The summed E-state index contributed by atoms with van der Waals surface area (Å²) in [6.45, 7) is -0.0268. The Morgan fingerprint density at radius 2 is 2.24 bits per heavy atom. The van der Waals surface area contributed by atoms with Crippen LogP contribution in [0.1, 0.15) is 6.42 Å². The van der Waals surface area contributed by atoms with Gasteiger partial charge in [-0.2, -0.15) is 5.10 Å². The molecule has 0 saturated carbocycles. The van der Waals surface area contributed by atoms with Gasteiger partial charge in [-0.25, -0.2) is 14.5 Å². The molecule has 0 bridgehead atoms. The van der Waals surface area contributed by atoms with Crippen molar-refractivity contribution in [1.82, 2.24) is 19.7 Å². The van der Waals surface area contributed by atoms with Gasteiger partial charge in [-0.3, -0.25) is 4.79 Å². The fraction of sp³-hybridized carbons (Fsp3) is 0.556. The molecule has 1 aliphatic heterocycles. The Morgan fingerprint density at radius 1 is 1.47 bits per heavy atom. The van der Waals surface area contributed by atoms with E-state index in [2.05, 4.69) is 10.1 Å². The third-order valence-corrected chi connectivity index (χ3v) is 2.65. The van der Waals surface area contributed by atoms with E-state index in [9.17, 15) is 14.7 Å². The van der Waals surface area contributed by atoms with Gasteiger partial charge in [-0.15, -0.1) is 0 Å². The quantitative estimate of drug-likeness (QED) is 0.653. The lowest BCUT2D eigenvalue weighted by atomic mass is 10.2. The number of nitrogens with zero attached hydrogens (tertiary/aromatic N) is 4. The Kier molecular flexibility index (Phi) is 3.05. The molecule has 2 heterocycles. The van der Waals surface area contributed by atoms with Gasteiger partial charge < -0.3 is 15.1 Å². The first kappa shape index (κ1) is 11.5. The van der Waals surface area contributed by atoms with Crippen LogP contribution in [-0.2, 0) is 16.1 Å². The fourth-order valence-corrected chi connectivity index (χ4v) is 1.87. The summed E-state index contributed by atoms with van der Waals surface area (Å²) >= 11 is 0. The van der Waals surface area contributed by atoms with Gasteiger partial charge in [0.05, 0.1) is 6.10 Å². The minimum atomic E-state index is -1.10. The van der Waals surface area contributed by atoms with Crippen LogP contribution in [0.15, 0.2) is 12.7 Å². The highest BCUT2D eigenvalue weighted by Crippen LogP contribution is 2.18. The SMILES string of the molecule is O=C(O)C1CC(O)CN1C(=O)Cn1cncn1. The predicted molar refractivity (Wildman–Crippen MR) is 53.8 cm³/mol. The van der Waals surface area contributed by atoms with Crippen molar-refractivity contribution in [2.24, 2.45) is 0 Å². The number of carbonyl (C=O) groups is 2. The average Bonchev–Trinajstić information content (AvgIpc) is 2.86. The van der Waals surface area contributed by atoms with E-state index < -0.39 is 18.1 Å². The Hall–Kier alpha value is -1.96. The molecule has 2 rings (SSSR count). The summed E-state index contributed by atoms with van der Waals surface area (Å²) in [5.41, 5.74) is 0. The number of carboxylic acid groups (broad SMARTS) is 1. The van der Waals surface area contributed by atoms with E-state index in [1.165, 1.54) is 17.3 Å². The first-order chi connectivity index (χ1) is 8.08. The highest BCUT2D eigenvalue weighted by atomic mass is 16.4. The first-order valence-corrected chi connectivity index (χ1v) is 5.10. The summed E-state index contributed by atoms with van der Waals surface area (Å²) in [6.07, 6.45) is 1.95. The van der Waals surface area contributed by atoms with Gasteiger partial charge in [0.15, 0.2) is 0 Å². The molecule has 92 valence electrons. The topological polar surface area (TPSA) is 109 Å². The van der Waals surface area contributed by atoms with Crippen molar-refractivity contribution in [2.45, 2.75) is 25.1 Å². The molecule has 0 spiro atoms. The fourth-order valence-electron chi connectivity index (χ4n) is 1.87. The summed E-state index contributed by atoms with van der Waals surface area (Å²) in [4.78, 5) is 27.6. The van der Waals surface area contributed by atoms with Crippen molar-refractivity contribution in [3.8, 4) is 0 Å². The zero-order valence-electron chi connectivity index (χ0n) is 8.93. The molecule has 1 aliphatic rings. The lowest BCUT2D eigenvalue weighted by Gasteiger charge is -2.20. The van der Waals surface area contributed by atoms with E-state index >= 15 is 0 Å². The average molecular weight is 240 g/mol. The molecule has 1 fully saturated rings. The third kappa shape index (κ3) is 2.41. The van der Waals surface area contributed by atoms with Crippen LogP contribution in [0, 0.1) is 0 Å². The van der Waals surface area contributed by atoms with E-state index in [-0.39, 0.29) is 25.4 Å². The number of rotatable bonds is 3. The molecule has 2 unspecified atom stereocenters. The number of aliphatic carboxylic acids is 1. The van der Waals surface area contributed by atoms with Gasteiger partial charge in [0.1, 0.15) is 25.2 Å². The molecular formula is C9H12N4O4. The Labute approximate surface area is 96.5 Å². The Balaban J connectivity index is 2.05.